The number of rotatable bonds is 5. The molecule has 3 aromatic rings. The molecule has 6 atom stereocenters. The van der Waals surface area contributed by atoms with Crippen LogP contribution in [0.2, 0.25) is 0 Å². The minimum Gasteiger partial charge on any atom is -0.508 e. The molecule has 2 heterocycles. The number of carboxylic acids is 2. The number of carbonyl (C=O) groups is 6. The lowest BCUT2D eigenvalue weighted by Crippen LogP contribution is -2.43. The van der Waals surface area contributed by atoms with Gasteiger partial charge in [0.2, 0.25) is 23.6 Å². The van der Waals surface area contributed by atoms with Gasteiger partial charge in [0.05, 0.1) is 35.0 Å². The number of imide groups is 2. The summed E-state index contributed by atoms with van der Waals surface area (Å²) >= 11 is 0. The van der Waals surface area contributed by atoms with E-state index in [0.717, 1.165) is 34.1 Å². The van der Waals surface area contributed by atoms with Crippen molar-refractivity contribution in [2.75, 3.05) is 9.80 Å². The number of fused-ring (bicyclic) bond motifs is 4. The van der Waals surface area contributed by atoms with Gasteiger partial charge in [0.25, 0.3) is 0 Å². The van der Waals surface area contributed by atoms with E-state index in [9.17, 15) is 54.3 Å². The number of aromatic carboxylic acids is 2. The van der Waals surface area contributed by atoms with Crippen molar-refractivity contribution < 1.29 is 54.3 Å². The first-order valence-electron chi connectivity index (χ1n) is 15.2. The Labute approximate surface area is 271 Å². The van der Waals surface area contributed by atoms with E-state index in [1.807, 2.05) is 6.08 Å². The van der Waals surface area contributed by atoms with Crippen molar-refractivity contribution in [1.29, 1.82) is 0 Å². The number of hydrogen-bond acceptors (Lipinski definition) is 9. The zero-order valence-corrected chi connectivity index (χ0v) is 25.2. The fraction of sp³-hybridized carbons (Fsp3) is 0.257. The molecule has 0 spiro atoms. The molecule has 13 nitrogen and oxygen atoms in total. The van der Waals surface area contributed by atoms with E-state index in [-0.39, 0.29) is 30.0 Å². The van der Waals surface area contributed by atoms with Crippen LogP contribution in [0.5, 0.6) is 17.2 Å². The Bertz CT molecular complexity index is 2030. The van der Waals surface area contributed by atoms with Gasteiger partial charge in [-0.3, -0.25) is 19.2 Å². The Hall–Kier alpha value is -5.98. The number of carbonyl (C=O) groups excluding carboxylic acids is 4. The van der Waals surface area contributed by atoms with E-state index in [4.69, 9.17) is 0 Å². The maximum Gasteiger partial charge on any atom is 0.339 e. The number of phenolic OH excluding ortho intramolecular Hbond substituents is 1. The van der Waals surface area contributed by atoms with Crippen LogP contribution in [0.1, 0.15) is 50.6 Å². The molecule has 2 aliphatic heterocycles. The van der Waals surface area contributed by atoms with Crippen molar-refractivity contribution in [1.82, 2.24) is 0 Å². The third-order valence-corrected chi connectivity index (χ3v) is 10.2. The predicted octanol–water partition coefficient (Wildman–Crippen LogP) is 3.55. The minimum atomic E-state index is -1.39. The number of carboxylic acid groups (broad SMARTS) is 2. The number of allylic oxidation sites excluding steroid dienone is 2. The van der Waals surface area contributed by atoms with Crippen LogP contribution in [0.25, 0.3) is 0 Å². The molecule has 1 saturated carbocycles. The summed E-state index contributed by atoms with van der Waals surface area (Å²) in [7, 11) is 0. The molecular weight excluding hydrogens is 624 g/mol. The van der Waals surface area contributed by atoms with Crippen molar-refractivity contribution in [2.45, 2.75) is 25.7 Å². The molecular formula is C35H28N2O11. The van der Waals surface area contributed by atoms with Crippen molar-refractivity contribution in [3.05, 3.63) is 88.5 Å². The normalized spacial score (nSPS) is 26.2. The summed E-state index contributed by atoms with van der Waals surface area (Å²) in [6.45, 7) is 1.69. The second-order valence-corrected chi connectivity index (χ2v) is 12.6. The average Bonchev–Trinajstić information content (AvgIpc) is 3.44. The SMILES string of the molecule is Cc1cc([C@H]2C3=CC[C@@H]4C(=O)N(c5ccc(C(=O)O)c(O)c5)C(=O)[C@@H]4[C@@H]3C[C@H]3C(=O)N(c4ccc(C(=O)O)c(O)c4)C(=O)[C@@H]23)ccc1O. The number of nitrogens with zero attached hydrogens (tertiary/aromatic N) is 2. The van der Waals surface area contributed by atoms with Gasteiger partial charge in [-0.2, -0.15) is 0 Å². The number of hydrogen-bond donors (Lipinski definition) is 5. The van der Waals surface area contributed by atoms with E-state index < -0.39 is 93.7 Å². The maximum absolute atomic E-state index is 14.2. The second-order valence-electron chi connectivity index (χ2n) is 12.6. The van der Waals surface area contributed by atoms with Crippen LogP contribution in [0.4, 0.5) is 11.4 Å². The van der Waals surface area contributed by atoms with Gasteiger partial charge in [-0.1, -0.05) is 23.8 Å². The highest BCUT2D eigenvalue weighted by atomic mass is 16.4. The molecule has 4 amide bonds. The van der Waals surface area contributed by atoms with Gasteiger partial charge in [0.15, 0.2) is 0 Å². The number of aromatic hydroxyl groups is 3. The highest BCUT2D eigenvalue weighted by Gasteiger charge is 2.62. The molecule has 3 aromatic carbocycles. The lowest BCUT2D eigenvalue weighted by Gasteiger charge is -2.44. The van der Waals surface area contributed by atoms with E-state index in [1.54, 1.807) is 19.1 Å². The van der Waals surface area contributed by atoms with Crippen molar-refractivity contribution in [3.8, 4) is 17.2 Å². The van der Waals surface area contributed by atoms with Gasteiger partial charge >= 0.3 is 11.9 Å². The van der Waals surface area contributed by atoms with Crippen molar-refractivity contribution in [2.24, 2.45) is 29.6 Å². The fourth-order valence-electron chi connectivity index (χ4n) is 8.02. The van der Waals surface area contributed by atoms with Gasteiger partial charge in [0, 0.05) is 18.1 Å². The van der Waals surface area contributed by atoms with Crippen molar-refractivity contribution in [3.63, 3.8) is 0 Å². The zero-order chi connectivity index (χ0) is 34.3. The second kappa shape index (κ2) is 10.8. The summed E-state index contributed by atoms with van der Waals surface area (Å²) in [5.41, 5.74) is 1.02. The summed E-state index contributed by atoms with van der Waals surface area (Å²) in [5, 5.41) is 49.6. The molecule has 0 radical (unpaired) electrons. The Balaban J connectivity index is 1.31. The number of anilines is 2. The van der Waals surface area contributed by atoms with Crippen LogP contribution in [0, 0.1) is 36.5 Å². The standard InChI is InChI=1S/C35H28N2O11/c1-14-10-15(2-9-24(14)38)27-18-7-8-21-28(32(43)36(30(21)41)16-3-5-19(34(45)46)25(39)11-16)22(18)13-23-29(27)33(44)37(31(23)42)17-4-6-20(35(47)48)26(40)12-17/h2-7,9-12,21-23,27-29,38-40H,8,13H2,1H3,(H,45,46)(H,47,48)/t21-,22+,23+,27-,28-,29+/m0/s1. The molecule has 0 aromatic heterocycles. The third kappa shape index (κ3) is 4.37. The summed E-state index contributed by atoms with van der Waals surface area (Å²) in [6, 6.07) is 11.7. The first-order chi connectivity index (χ1) is 22.8. The highest BCUT2D eigenvalue weighted by Crippen LogP contribution is 2.58. The smallest absolute Gasteiger partial charge is 0.339 e. The van der Waals surface area contributed by atoms with E-state index in [2.05, 4.69) is 0 Å². The Kier molecular flexibility index (Phi) is 6.89. The molecule has 244 valence electrons. The molecule has 13 heteroatoms. The molecule has 48 heavy (non-hydrogen) atoms. The summed E-state index contributed by atoms with van der Waals surface area (Å²) < 4.78 is 0. The third-order valence-electron chi connectivity index (χ3n) is 10.2. The topological polar surface area (TPSA) is 210 Å². The summed E-state index contributed by atoms with van der Waals surface area (Å²) in [5.74, 6) is -11.3. The summed E-state index contributed by atoms with van der Waals surface area (Å²) in [6.07, 6.45) is 2.03. The Morgan fingerprint density at radius 3 is 1.71 bits per heavy atom. The maximum atomic E-state index is 14.2. The number of amides is 4. The van der Waals surface area contributed by atoms with Crippen LogP contribution < -0.4 is 9.80 Å². The van der Waals surface area contributed by atoms with Crippen LogP contribution in [-0.2, 0) is 19.2 Å². The predicted molar refractivity (Wildman–Crippen MR) is 165 cm³/mol. The van der Waals surface area contributed by atoms with Crippen LogP contribution in [0.3, 0.4) is 0 Å². The highest BCUT2D eigenvalue weighted by molar-refractivity contribution is 6.24. The Morgan fingerprint density at radius 2 is 1.19 bits per heavy atom. The first-order valence-corrected chi connectivity index (χ1v) is 15.2. The van der Waals surface area contributed by atoms with Crippen LogP contribution >= 0.6 is 0 Å². The molecule has 2 saturated heterocycles. The lowest BCUT2D eigenvalue weighted by molar-refractivity contribution is -0.126. The van der Waals surface area contributed by atoms with Gasteiger partial charge < -0.3 is 25.5 Å². The van der Waals surface area contributed by atoms with E-state index in [1.165, 1.54) is 18.2 Å². The monoisotopic (exact) mass is 652 g/mol. The molecule has 5 N–H and O–H groups in total. The average molecular weight is 653 g/mol. The number of phenols is 3. The van der Waals surface area contributed by atoms with E-state index >= 15 is 0 Å². The summed E-state index contributed by atoms with van der Waals surface area (Å²) in [4.78, 5) is 81.0. The zero-order valence-electron chi connectivity index (χ0n) is 25.2. The molecule has 0 unspecified atom stereocenters. The largest absolute Gasteiger partial charge is 0.508 e. The van der Waals surface area contributed by atoms with Gasteiger partial charge in [0.1, 0.15) is 28.4 Å². The Morgan fingerprint density at radius 1 is 0.646 bits per heavy atom. The molecule has 3 fully saturated rings. The number of aryl methyl sites for hydroxylation is 1. The van der Waals surface area contributed by atoms with Crippen molar-refractivity contribution >= 4 is 46.9 Å². The van der Waals surface area contributed by atoms with Crippen LogP contribution in [-0.4, -0.2) is 61.1 Å². The van der Waals surface area contributed by atoms with Crippen LogP contribution in [0.15, 0.2) is 66.2 Å². The quantitative estimate of drug-likeness (QED) is 0.199. The number of benzene rings is 3. The minimum absolute atomic E-state index is 0.00533. The van der Waals surface area contributed by atoms with Gasteiger partial charge in [-0.15, -0.1) is 0 Å². The molecule has 7 rings (SSSR count). The van der Waals surface area contributed by atoms with Gasteiger partial charge in [-0.25, -0.2) is 19.4 Å². The van der Waals surface area contributed by atoms with E-state index in [0.29, 0.717) is 16.7 Å². The lowest BCUT2D eigenvalue weighted by atomic mass is 9.57. The first kappa shape index (κ1) is 30.7. The van der Waals surface area contributed by atoms with Gasteiger partial charge in [-0.05, 0) is 67.1 Å². The molecule has 0 bridgehead atoms. The molecule has 4 aliphatic rings. The molecule has 2 aliphatic carbocycles. The fourth-order valence-corrected chi connectivity index (χ4v) is 8.02.